The molecule has 0 radical (unpaired) electrons. The third-order valence-corrected chi connectivity index (χ3v) is 4.55. The minimum atomic E-state index is -0.407. The Balaban J connectivity index is 2.15. The van der Waals surface area contributed by atoms with E-state index in [-0.39, 0.29) is 0 Å². The zero-order valence-electron chi connectivity index (χ0n) is 11.4. The molecule has 0 aromatic heterocycles. The van der Waals surface area contributed by atoms with Gasteiger partial charge in [0, 0.05) is 17.6 Å². The van der Waals surface area contributed by atoms with Gasteiger partial charge in [-0.2, -0.15) is 0 Å². The summed E-state index contributed by atoms with van der Waals surface area (Å²) in [4.78, 5) is 2.43. The summed E-state index contributed by atoms with van der Waals surface area (Å²) in [5.41, 5.74) is 2.68. The summed E-state index contributed by atoms with van der Waals surface area (Å²) in [5.74, 6) is 0. The topological polar surface area (TPSA) is 23.5 Å². The molecule has 100 valence electrons. The summed E-state index contributed by atoms with van der Waals surface area (Å²) >= 11 is 3.63. The van der Waals surface area contributed by atoms with Crippen LogP contribution in [-0.2, 0) is 0 Å². The zero-order chi connectivity index (χ0) is 13.3. The Morgan fingerprint density at radius 1 is 1.28 bits per heavy atom. The highest BCUT2D eigenvalue weighted by Gasteiger charge is 2.26. The Morgan fingerprint density at radius 2 is 1.89 bits per heavy atom. The number of hydrogen-bond acceptors (Lipinski definition) is 2. The fraction of sp³-hybridized carbons (Fsp3) is 0.600. The number of anilines is 1. The van der Waals surface area contributed by atoms with Gasteiger partial charge in [0.2, 0.25) is 0 Å². The highest BCUT2D eigenvalue weighted by atomic mass is 79.9. The molecular weight excluding hydrogens is 290 g/mol. The first-order valence-electron chi connectivity index (χ1n) is 6.61. The average Bonchev–Trinajstić information content (AvgIpc) is 2.29. The Bertz CT molecular complexity index is 419. The van der Waals surface area contributed by atoms with Gasteiger partial charge in [-0.05, 0) is 58.8 Å². The molecule has 1 saturated heterocycles. The summed E-state index contributed by atoms with van der Waals surface area (Å²) in [6.45, 7) is 8.70. The molecule has 0 bridgehead atoms. The van der Waals surface area contributed by atoms with Crippen LogP contribution in [0.2, 0.25) is 0 Å². The Hall–Kier alpha value is -0.540. The zero-order valence-corrected chi connectivity index (χ0v) is 13.0. The number of aliphatic hydroxyl groups excluding tert-OH is 1. The fourth-order valence-electron chi connectivity index (χ4n) is 2.39. The van der Waals surface area contributed by atoms with Crippen molar-refractivity contribution < 1.29 is 5.11 Å². The predicted molar refractivity (Wildman–Crippen MR) is 80.0 cm³/mol. The molecule has 2 rings (SSSR count). The molecular formula is C15H22BrNO. The quantitative estimate of drug-likeness (QED) is 0.887. The molecule has 0 amide bonds. The molecule has 18 heavy (non-hydrogen) atoms. The summed E-state index contributed by atoms with van der Waals surface area (Å²) in [6.07, 6.45) is 2.06. The van der Waals surface area contributed by atoms with Gasteiger partial charge in [0.25, 0.3) is 0 Å². The summed E-state index contributed by atoms with van der Waals surface area (Å²) in [7, 11) is 0. The number of piperidine rings is 1. The molecule has 1 heterocycles. The maximum absolute atomic E-state index is 9.58. The number of benzene rings is 1. The molecule has 1 aromatic rings. The summed E-state index contributed by atoms with van der Waals surface area (Å²) in [5, 5.41) is 9.58. The van der Waals surface area contributed by atoms with Gasteiger partial charge >= 0.3 is 0 Å². The molecule has 1 fully saturated rings. The van der Waals surface area contributed by atoms with Crippen LogP contribution in [-0.4, -0.2) is 18.2 Å². The van der Waals surface area contributed by atoms with Crippen molar-refractivity contribution in [1.82, 2.24) is 0 Å². The minimum Gasteiger partial charge on any atom is -0.389 e. The fourth-order valence-corrected chi connectivity index (χ4v) is 3.04. The van der Waals surface area contributed by atoms with Gasteiger partial charge in [0.05, 0.1) is 11.8 Å². The molecule has 3 heteroatoms. The van der Waals surface area contributed by atoms with Crippen LogP contribution >= 0.6 is 15.9 Å². The van der Waals surface area contributed by atoms with Gasteiger partial charge in [-0.3, -0.25) is 0 Å². The van der Waals surface area contributed by atoms with Crippen molar-refractivity contribution in [3.63, 3.8) is 0 Å². The molecule has 1 aromatic carbocycles. The number of aliphatic hydroxyl groups is 1. The van der Waals surface area contributed by atoms with Crippen LogP contribution in [0.15, 0.2) is 22.7 Å². The lowest BCUT2D eigenvalue weighted by atomic mass is 9.82. The van der Waals surface area contributed by atoms with Crippen molar-refractivity contribution in [2.75, 3.05) is 18.0 Å². The molecule has 0 unspecified atom stereocenters. The van der Waals surface area contributed by atoms with E-state index in [0.717, 1.165) is 23.1 Å². The molecule has 0 saturated carbocycles. The van der Waals surface area contributed by atoms with Crippen LogP contribution in [0.4, 0.5) is 5.69 Å². The first-order chi connectivity index (χ1) is 8.39. The molecule has 1 atom stereocenters. The van der Waals surface area contributed by atoms with Crippen LogP contribution in [0.3, 0.4) is 0 Å². The van der Waals surface area contributed by atoms with Crippen LogP contribution in [0, 0.1) is 5.41 Å². The van der Waals surface area contributed by atoms with Crippen molar-refractivity contribution in [2.24, 2.45) is 5.41 Å². The number of halogens is 1. The van der Waals surface area contributed by atoms with Crippen molar-refractivity contribution >= 4 is 21.6 Å². The Morgan fingerprint density at radius 3 is 2.39 bits per heavy atom. The van der Waals surface area contributed by atoms with Crippen LogP contribution in [0.1, 0.15) is 45.3 Å². The van der Waals surface area contributed by atoms with Crippen LogP contribution in [0.5, 0.6) is 0 Å². The van der Waals surface area contributed by atoms with E-state index in [1.807, 2.05) is 12.1 Å². The van der Waals surface area contributed by atoms with E-state index >= 15 is 0 Å². The molecule has 1 aliphatic heterocycles. The summed E-state index contributed by atoms with van der Waals surface area (Å²) in [6, 6.07) is 6.16. The lowest BCUT2D eigenvalue weighted by Gasteiger charge is -2.38. The largest absolute Gasteiger partial charge is 0.389 e. The molecule has 1 N–H and O–H groups in total. The van der Waals surface area contributed by atoms with E-state index < -0.39 is 6.10 Å². The molecule has 0 aliphatic carbocycles. The van der Waals surface area contributed by atoms with Gasteiger partial charge in [-0.1, -0.05) is 19.9 Å². The van der Waals surface area contributed by atoms with Crippen molar-refractivity contribution in [1.29, 1.82) is 0 Å². The predicted octanol–water partition coefficient (Wildman–Crippen LogP) is 4.13. The molecule has 0 spiro atoms. The SMILES string of the molecule is C[C@H](O)c1ccc(N2CCC(C)(C)CC2)c(Br)c1. The van der Waals surface area contributed by atoms with Crippen molar-refractivity contribution in [2.45, 2.75) is 39.7 Å². The first kappa shape index (κ1) is 13.9. The van der Waals surface area contributed by atoms with Crippen molar-refractivity contribution in [3.05, 3.63) is 28.2 Å². The van der Waals surface area contributed by atoms with Gasteiger partial charge in [0.1, 0.15) is 0 Å². The smallest absolute Gasteiger partial charge is 0.0762 e. The highest BCUT2D eigenvalue weighted by molar-refractivity contribution is 9.10. The Labute approximate surface area is 118 Å². The lowest BCUT2D eigenvalue weighted by Crippen LogP contribution is -2.37. The van der Waals surface area contributed by atoms with E-state index in [1.54, 1.807) is 6.92 Å². The van der Waals surface area contributed by atoms with Gasteiger partial charge in [0.15, 0.2) is 0 Å². The number of rotatable bonds is 2. The van der Waals surface area contributed by atoms with Gasteiger partial charge in [-0.25, -0.2) is 0 Å². The third-order valence-electron chi connectivity index (χ3n) is 3.91. The summed E-state index contributed by atoms with van der Waals surface area (Å²) < 4.78 is 1.08. The first-order valence-corrected chi connectivity index (χ1v) is 7.41. The second kappa shape index (κ2) is 5.22. The van der Waals surface area contributed by atoms with E-state index in [2.05, 4.69) is 40.7 Å². The van der Waals surface area contributed by atoms with Crippen LogP contribution in [0.25, 0.3) is 0 Å². The van der Waals surface area contributed by atoms with E-state index in [0.29, 0.717) is 5.41 Å². The maximum atomic E-state index is 9.58. The average molecular weight is 312 g/mol. The van der Waals surface area contributed by atoms with Gasteiger partial charge < -0.3 is 10.0 Å². The molecule has 2 nitrogen and oxygen atoms in total. The number of hydrogen-bond donors (Lipinski definition) is 1. The van der Waals surface area contributed by atoms with E-state index in [1.165, 1.54) is 18.5 Å². The Kier molecular flexibility index (Phi) is 4.02. The van der Waals surface area contributed by atoms with Crippen molar-refractivity contribution in [3.8, 4) is 0 Å². The van der Waals surface area contributed by atoms with E-state index in [4.69, 9.17) is 0 Å². The van der Waals surface area contributed by atoms with Crippen LogP contribution < -0.4 is 4.90 Å². The standard InChI is InChI=1S/C15H22BrNO/c1-11(18)12-4-5-14(13(16)10-12)17-8-6-15(2,3)7-9-17/h4-5,10-11,18H,6-9H2,1-3H3/t11-/m0/s1. The minimum absolute atomic E-state index is 0.407. The maximum Gasteiger partial charge on any atom is 0.0762 e. The second-order valence-corrected chi connectivity index (χ2v) is 6.89. The van der Waals surface area contributed by atoms with E-state index in [9.17, 15) is 5.11 Å². The lowest BCUT2D eigenvalue weighted by molar-refractivity contribution is 0.199. The second-order valence-electron chi connectivity index (χ2n) is 6.04. The molecule has 1 aliphatic rings. The third kappa shape index (κ3) is 3.07. The normalized spacial score (nSPS) is 20.8. The number of nitrogens with zero attached hydrogens (tertiary/aromatic N) is 1. The highest BCUT2D eigenvalue weighted by Crippen LogP contribution is 2.35. The monoisotopic (exact) mass is 311 g/mol. The van der Waals surface area contributed by atoms with Gasteiger partial charge in [-0.15, -0.1) is 0 Å².